The highest BCUT2D eigenvalue weighted by Crippen LogP contribution is 2.29. The molecule has 1 atom stereocenters. The van der Waals surface area contributed by atoms with E-state index in [4.69, 9.17) is 10.5 Å². The number of nitrogens with zero attached hydrogens (tertiary/aromatic N) is 1. The van der Waals surface area contributed by atoms with Gasteiger partial charge in [0.2, 0.25) is 0 Å². The summed E-state index contributed by atoms with van der Waals surface area (Å²) in [7, 11) is 2.16. The lowest BCUT2D eigenvalue weighted by atomic mass is 10.1. The van der Waals surface area contributed by atoms with Gasteiger partial charge >= 0.3 is 0 Å². The Bertz CT molecular complexity index is 373. The minimum atomic E-state index is 0.0870. The largest absolute Gasteiger partial charge is 0.494 e. The van der Waals surface area contributed by atoms with Gasteiger partial charge in [-0.1, -0.05) is 19.1 Å². The molecule has 1 aliphatic rings. The Labute approximate surface area is 116 Å². The SMILES string of the molecule is CCCOc1ccc(C(N)CN(C)CC2CC2)cc1. The maximum atomic E-state index is 6.26. The van der Waals surface area contributed by atoms with Gasteiger partial charge in [-0.2, -0.15) is 0 Å². The van der Waals surface area contributed by atoms with Crippen molar-refractivity contribution >= 4 is 0 Å². The average molecular weight is 262 g/mol. The fourth-order valence-corrected chi connectivity index (χ4v) is 2.29. The minimum Gasteiger partial charge on any atom is -0.494 e. The van der Waals surface area contributed by atoms with Crippen LogP contribution in [-0.2, 0) is 0 Å². The third-order valence-corrected chi connectivity index (χ3v) is 3.56. The average Bonchev–Trinajstić information content (AvgIpc) is 3.20. The van der Waals surface area contributed by atoms with Gasteiger partial charge in [-0.15, -0.1) is 0 Å². The van der Waals surface area contributed by atoms with E-state index in [0.717, 1.165) is 31.2 Å². The Balaban J connectivity index is 1.81. The molecule has 3 nitrogen and oxygen atoms in total. The number of rotatable bonds is 8. The van der Waals surface area contributed by atoms with Gasteiger partial charge in [0.05, 0.1) is 6.61 Å². The molecule has 1 aromatic carbocycles. The zero-order valence-corrected chi connectivity index (χ0v) is 12.1. The normalized spacial score (nSPS) is 16.6. The first-order valence-corrected chi connectivity index (χ1v) is 7.36. The second kappa shape index (κ2) is 6.92. The number of nitrogens with two attached hydrogens (primary N) is 1. The molecule has 19 heavy (non-hydrogen) atoms. The van der Waals surface area contributed by atoms with Crippen LogP contribution in [0.5, 0.6) is 5.75 Å². The van der Waals surface area contributed by atoms with Crippen molar-refractivity contribution in [3.63, 3.8) is 0 Å². The predicted molar refractivity (Wildman–Crippen MR) is 79.4 cm³/mol. The van der Waals surface area contributed by atoms with Gasteiger partial charge in [0, 0.05) is 19.1 Å². The molecule has 0 bridgehead atoms. The molecule has 1 fully saturated rings. The summed E-state index contributed by atoms with van der Waals surface area (Å²) in [6.07, 6.45) is 3.82. The Morgan fingerprint density at radius 2 is 2.00 bits per heavy atom. The van der Waals surface area contributed by atoms with Crippen molar-refractivity contribution in [1.82, 2.24) is 4.90 Å². The van der Waals surface area contributed by atoms with Crippen molar-refractivity contribution in [3.05, 3.63) is 29.8 Å². The molecule has 0 spiro atoms. The summed E-state index contributed by atoms with van der Waals surface area (Å²) >= 11 is 0. The van der Waals surface area contributed by atoms with Gasteiger partial charge in [-0.3, -0.25) is 0 Å². The van der Waals surface area contributed by atoms with Crippen molar-refractivity contribution in [2.45, 2.75) is 32.2 Å². The molecule has 3 heteroatoms. The van der Waals surface area contributed by atoms with E-state index in [0.29, 0.717) is 0 Å². The van der Waals surface area contributed by atoms with Crippen LogP contribution in [-0.4, -0.2) is 31.6 Å². The fourth-order valence-electron chi connectivity index (χ4n) is 2.29. The van der Waals surface area contributed by atoms with Crippen molar-refractivity contribution < 1.29 is 4.74 Å². The van der Waals surface area contributed by atoms with E-state index >= 15 is 0 Å². The highest BCUT2D eigenvalue weighted by atomic mass is 16.5. The summed E-state index contributed by atoms with van der Waals surface area (Å²) in [6.45, 7) is 4.99. The number of likely N-dealkylation sites (N-methyl/N-ethyl adjacent to an activating group) is 1. The molecular formula is C16H26N2O. The Morgan fingerprint density at radius 1 is 1.32 bits per heavy atom. The second-order valence-corrected chi connectivity index (χ2v) is 5.69. The Hall–Kier alpha value is -1.06. The van der Waals surface area contributed by atoms with E-state index in [1.807, 2.05) is 12.1 Å². The first kappa shape index (κ1) is 14.4. The van der Waals surface area contributed by atoms with Gasteiger partial charge < -0.3 is 15.4 Å². The van der Waals surface area contributed by atoms with Crippen LogP contribution in [0.25, 0.3) is 0 Å². The molecule has 1 unspecified atom stereocenters. The van der Waals surface area contributed by atoms with E-state index in [-0.39, 0.29) is 6.04 Å². The van der Waals surface area contributed by atoms with Crippen LogP contribution < -0.4 is 10.5 Å². The first-order valence-electron chi connectivity index (χ1n) is 7.36. The van der Waals surface area contributed by atoms with Crippen molar-refractivity contribution in [2.24, 2.45) is 11.7 Å². The number of ether oxygens (including phenoxy) is 1. The van der Waals surface area contributed by atoms with Gasteiger partial charge in [-0.05, 0) is 49.9 Å². The summed E-state index contributed by atoms with van der Waals surface area (Å²) in [6, 6.07) is 8.29. The third kappa shape index (κ3) is 4.84. The van der Waals surface area contributed by atoms with Crippen LogP contribution in [0.1, 0.15) is 37.8 Å². The third-order valence-electron chi connectivity index (χ3n) is 3.56. The molecule has 0 aromatic heterocycles. The van der Waals surface area contributed by atoms with Gasteiger partial charge in [0.1, 0.15) is 5.75 Å². The van der Waals surface area contributed by atoms with Crippen LogP contribution in [0.3, 0.4) is 0 Å². The van der Waals surface area contributed by atoms with Gasteiger partial charge in [0.15, 0.2) is 0 Å². The van der Waals surface area contributed by atoms with Crippen LogP contribution in [0.4, 0.5) is 0 Å². The van der Waals surface area contributed by atoms with Crippen molar-refractivity contribution in [1.29, 1.82) is 0 Å². The second-order valence-electron chi connectivity index (χ2n) is 5.69. The summed E-state index contributed by atoms with van der Waals surface area (Å²) in [4.78, 5) is 2.35. The Kier molecular flexibility index (Phi) is 5.23. The molecule has 0 amide bonds. The molecule has 106 valence electrons. The molecule has 1 aliphatic carbocycles. The lowest BCUT2D eigenvalue weighted by Gasteiger charge is -2.21. The fraction of sp³-hybridized carbons (Fsp3) is 0.625. The molecule has 0 saturated heterocycles. The molecule has 0 heterocycles. The van der Waals surface area contributed by atoms with E-state index in [2.05, 4.69) is 31.0 Å². The quantitative estimate of drug-likeness (QED) is 0.783. The van der Waals surface area contributed by atoms with Crippen LogP contribution in [0, 0.1) is 5.92 Å². The minimum absolute atomic E-state index is 0.0870. The Morgan fingerprint density at radius 3 is 2.58 bits per heavy atom. The molecule has 2 rings (SSSR count). The highest BCUT2D eigenvalue weighted by Gasteiger charge is 2.23. The summed E-state index contributed by atoms with van der Waals surface area (Å²) < 4.78 is 5.58. The molecule has 1 aromatic rings. The summed E-state index contributed by atoms with van der Waals surface area (Å²) in [5.74, 6) is 1.85. The number of hydrogen-bond acceptors (Lipinski definition) is 3. The maximum Gasteiger partial charge on any atom is 0.119 e. The lowest BCUT2D eigenvalue weighted by molar-refractivity contribution is 0.300. The van der Waals surface area contributed by atoms with Crippen LogP contribution in [0.2, 0.25) is 0 Å². The predicted octanol–water partition coefficient (Wildman–Crippen LogP) is 2.82. The summed E-state index contributed by atoms with van der Waals surface area (Å²) in [5.41, 5.74) is 7.45. The standard InChI is InChI=1S/C16H26N2O/c1-3-10-19-15-8-6-14(7-9-15)16(17)12-18(2)11-13-4-5-13/h6-9,13,16H,3-5,10-12,17H2,1-2H3. The molecule has 1 saturated carbocycles. The summed E-state index contributed by atoms with van der Waals surface area (Å²) in [5, 5.41) is 0. The van der Waals surface area contributed by atoms with Gasteiger partial charge in [0.25, 0.3) is 0 Å². The van der Waals surface area contributed by atoms with Crippen molar-refractivity contribution in [3.8, 4) is 5.75 Å². The number of hydrogen-bond donors (Lipinski definition) is 1. The van der Waals surface area contributed by atoms with E-state index in [1.165, 1.54) is 24.9 Å². The molecular weight excluding hydrogens is 236 g/mol. The van der Waals surface area contributed by atoms with Crippen molar-refractivity contribution in [2.75, 3.05) is 26.7 Å². The lowest BCUT2D eigenvalue weighted by Crippen LogP contribution is -2.30. The zero-order chi connectivity index (χ0) is 13.7. The monoisotopic (exact) mass is 262 g/mol. The molecule has 0 radical (unpaired) electrons. The maximum absolute atomic E-state index is 6.26. The van der Waals surface area contributed by atoms with E-state index < -0.39 is 0 Å². The van der Waals surface area contributed by atoms with E-state index in [9.17, 15) is 0 Å². The van der Waals surface area contributed by atoms with E-state index in [1.54, 1.807) is 0 Å². The molecule has 0 aliphatic heterocycles. The smallest absolute Gasteiger partial charge is 0.119 e. The first-order chi connectivity index (χ1) is 9.19. The van der Waals surface area contributed by atoms with Crippen LogP contribution >= 0.6 is 0 Å². The zero-order valence-electron chi connectivity index (χ0n) is 12.1. The topological polar surface area (TPSA) is 38.5 Å². The molecule has 2 N–H and O–H groups in total. The van der Waals surface area contributed by atoms with Crippen LogP contribution in [0.15, 0.2) is 24.3 Å². The van der Waals surface area contributed by atoms with Gasteiger partial charge in [-0.25, -0.2) is 0 Å². The number of benzene rings is 1. The highest BCUT2D eigenvalue weighted by molar-refractivity contribution is 5.29.